The first kappa shape index (κ1) is 22.6. The lowest BCUT2D eigenvalue weighted by atomic mass is 10.2. The van der Waals surface area contributed by atoms with Crippen LogP contribution in [0.5, 0.6) is 11.5 Å². The van der Waals surface area contributed by atoms with Crippen LogP contribution in [0.2, 0.25) is 10.0 Å². The van der Waals surface area contributed by atoms with Gasteiger partial charge in [0.1, 0.15) is 6.61 Å². The molecule has 0 amide bonds. The molecule has 0 aliphatic heterocycles. The molecule has 0 aliphatic carbocycles. The lowest BCUT2D eigenvalue weighted by Gasteiger charge is -2.13. The molecular weight excluding hydrogens is 463 g/mol. The van der Waals surface area contributed by atoms with Gasteiger partial charge in [-0.3, -0.25) is 9.78 Å². The van der Waals surface area contributed by atoms with Crippen LogP contribution in [0.25, 0.3) is 10.9 Å². The predicted molar refractivity (Wildman–Crippen MR) is 132 cm³/mol. The maximum atomic E-state index is 12.2. The number of nitrogens with one attached hydrogen (secondary N) is 2. The summed E-state index contributed by atoms with van der Waals surface area (Å²) in [7, 11) is 0. The Hall–Kier alpha value is -3.55. The summed E-state index contributed by atoms with van der Waals surface area (Å²) in [5.74, 6) is 1.40. The van der Waals surface area contributed by atoms with Gasteiger partial charge in [0.15, 0.2) is 11.5 Å². The van der Waals surface area contributed by atoms with Gasteiger partial charge < -0.3 is 9.47 Å². The number of para-hydroxylation sites is 1. The number of ether oxygens (including phenoxy) is 2. The fourth-order valence-corrected chi connectivity index (χ4v) is 3.56. The third-order valence-corrected chi connectivity index (χ3v) is 5.25. The summed E-state index contributed by atoms with van der Waals surface area (Å²) in [4.78, 5) is 19.2. The van der Waals surface area contributed by atoms with E-state index in [-0.39, 0.29) is 18.1 Å². The maximum Gasteiger partial charge on any atom is 0.260 e. The van der Waals surface area contributed by atoms with E-state index in [9.17, 15) is 4.79 Å². The Balaban J connectivity index is 1.47. The Morgan fingerprint density at radius 3 is 2.73 bits per heavy atom. The Bertz CT molecular complexity index is 1370. The summed E-state index contributed by atoms with van der Waals surface area (Å²) < 4.78 is 11.6. The van der Waals surface area contributed by atoms with Gasteiger partial charge in [0.25, 0.3) is 5.56 Å². The minimum atomic E-state index is -0.237. The van der Waals surface area contributed by atoms with Gasteiger partial charge in [-0.05, 0) is 55.0 Å². The normalized spacial score (nSPS) is 11.1. The molecule has 1 aromatic heterocycles. The monoisotopic (exact) mass is 482 g/mol. The number of hydrazone groups is 1. The average Bonchev–Trinajstić information content (AvgIpc) is 2.80. The highest BCUT2D eigenvalue weighted by Crippen LogP contribution is 2.30. The van der Waals surface area contributed by atoms with Crippen LogP contribution in [-0.2, 0) is 6.61 Å². The molecule has 0 saturated heterocycles. The Morgan fingerprint density at radius 1 is 1.06 bits per heavy atom. The second-order valence-corrected chi connectivity index (χ2v) is 7.81. The van der Waals surface area contributed by atoms with Crippen molar-refractivity contribution in [2.45, 2.75) is 13.5 Å². The van der Waals surface area contributed by atoms with E-state index in [1.54, 1.807) is 42.6 Å². The molecule has 33 heavy (non-hydrogen) atoms. The van der Waals surface area contributed by atoms with Crippen LogP contribution in [0.4, 0.5) is 5.95 Å². The summed E-state index contributed by atoms with van der Waals surface area (Å²) in [5, 5.41) is 5.79. The Kier molecular flexibility index (Phi) is 7.12. The lowest BCUT2D eigenvalue weighted by Crippen LogP contribution is -2.11. The van der Waals surface area contributed by atoms with Gasteiger partial charge in [0, 0.05) is 15.6 Å². The van der Waals surface area contributed by atoms with Crippen LogP contribution in [0.1, 0.15) is 18.1 Å². The molecule has 0 fully saturated rings. The Morgan fingerprint density at radius 2 is 1.91 bits per heavy atom. The molecule has 0 bridgehead atoms. The third kappa shape index (κ3) is 5.63. The van der Waals surface area contributed by atoms with Crippen molar-refractivity contribution in [1.29, 1.82) is 0 Å². The Labute approximate surface area is 200 Å². The van der Waals surface area contributed by atoms with E-state index >= 15 is 0 Å². The number of anilines is 1. The first-order valence-corrected chi connectivity index (χ1v) is 10.9. The van der Waals surface area contributed by atoms with Crippen LogP contribution in [0, 0.1) is 0 Å². The van der Waals surface area contributed by atoms with Crippen molar-refractivity contribution in [2.24, 2.45) is 5.10 Å². The molecular formula is C24H20Cl2N4O3. The van der Waals surface area contributed by atoms with Gasteiger partial charge in [-0.2, -0.15) is 5.10 Å². The number of halogens is 2. The zero-order valence-corrected chi connectivity index (χ0v) is 19.2. The maximum absolute atomic E-state index is 12.2. The SMILES string of the molecule is CCOc1cc(/C=N\Nc2nc3ccccc3c(=O)[nH]2)ccc1OCc1ccc(Cl)cc1Cl. The fourth-order valence-electron chi connectivity index (χ4n) is 3.09. The van der Waals surface area contributed by atoms with E-state index in [0.717, 1.165) is 11.1 Å². The number of aromatic amines is 1. The molecule has 0 unspecified atom stereocenters. The van der Waals surface area contributed by atoms with Crippen molar-refractivity contribution in [3.05, 3.63) is 92.2 Å². The molecule has 0 saturated carbocycles. The number of aromatic nitrogens is 2. The van der Waals surface area contributed by atoms with Gasteiger partial charge in [-0.15, -0.1) is 0 Å². The van der Waals surface area contributed by atoms with E-state index in [0.29, 0.717) is 39.1 Å². The van der Waals surface area contributed by atoms with Crippen molar-refractivity contribution < 1.29 is 9.47 Å². The molecule has 9 heteroatoms. The number of H-pyrrole nitrogens is 1. The largest absolute Gasteiger partial charge is 0.490 e. The fraction of sp³-hybridized carbons (Fsp3) is 0.125. The van der Waals surface area contributed by atoms with Crippen LogP contribution in [-0.4, -0.2) is 22.8 Å². The molecule has 0 radical (unpaired) electrons. The van der Waals surface area contributed by atoms with Crippen LogP contribution in [0.3, 0.4) is 0 Å². The summed E-state index contributed by atoms with van der Waals surface area (Å²) in [6, 6.07) is 17.8. The van der Waals surface area contributed by atoms with Crippen molar-refractivity contribution in [2.75, 3.05) is 12.0 Å². The van der Waals surface area contributed by atoms with Crippen LogP contribution in [0.15, 0.2) is 70.6 Å². The summed E-state index contributed by atoms with van der Waals surface area (Å²) in [6.07, 6.45) is 1.59. The minimum absolute atomic E-state index is 0.237. The predicted octanol–water partition coefficient (Wildman–Crippen LogP) is 5.65. The summed E-state index contributed by atoms with van der Waals surface area (Å²) in [5.41, 5.74) is 4.69. The van der Waals surface area contributed by atoms with E-state index in [2.05, 4.69) is 20.5 Å². The molecule has 2 N–H and O–H groups in total. The van der Waals surface area contributed by atoms with Gasteiger partial charge >= 0.3 is 0 Å². The first-order chi connectivity index (χ1) is 16.0. The smallest absolute Gasteiger partial charge is 0.260 e. The molecule has 7 nitrogen and oxygen atoms in total. The zero-order chi connectivity index (χ0) is 23.2. The number of hydrogen-bond donors (Lipinski definition) is 2. The molecule has 3 aromatic carbocycles. The number of hydrogen-bond acceptors (Lipinski definition) is 6. The van der Waals surface area contributed by atoms with Crippen LogP contribution >= 0.6 is 23.2 Å². The molecule has 0 atom stereocenters. The number of fused-ring (bicyclic) bond motifs is 1. The van der Waals surface area contributed by atoms with Gasteiger partial charge in [-0.25, -0.2) is 10.4 Å². The lowest BCUT2D eigenvalue weighted by molar-refractivity contribution is 0.269. The minimum Gasteiger partial charge on any atom is -0.490 e. The van der Waals surface area contributed by atoms with E-state index in [1.807, 2.05) is 31.2 Å². The number of benzene rings is 3. The highest BCUT2D eigenvalue weighted by atomic mass is 35.5. The molecule has 4 aromatic rings. The van der Waals surface area contributed by atoms with Crippen LogP contribution < -0.4 is 20.5 Å². The molecule has 168 valence electrons. The highest BCUT2D eigenvalue weighted by Gasteiger charge is 2.09. The van der Waals surface area contributed by atoms with Crippen molar-refractivity contribution >= 4 is 46.3 Å². The van der Waals surface area contributed by atoms with Gasteiger partial charge in [-0.1, -0.05) is 41.4 Å². The second-order valence-electron chi connectivity index (χ2n) is 6.97. The van der Waals surface area contributed by atoms with E-state index in [1.165, 1.54) is 0 Å². The first-order valence-electron chi connectivity index (χ1n) is 10.1. The molecule has 0 spiro atoms. The molecule has 0 aliphatic rings. The summed E-state index contributed by atoms with van der Waals surface area (Å²) >= 11 is 12.2. The number of rotatable bonds is 8. The molecule has 1 heterocycles. The van der Waals surface area contributed by atoms with E-state index in [4.69, 9.17) is 32.7 Å². The van der Waals surface area contributed by atoms with E-state index < -0.39 is 0 Å². The van der Waals surface area contributed by atoms with Crippen molar-refractivity contribution in [3.8, 4) is 11.5 Å². The summed E-state index contributed by atoms with van der Waals surface area (Å²) in [6.45, 7) is 2.63. The number of nitrogens with zero attached hydrogens (tertiary/aromatic N) is 2. The highest BCUT2D eigenvalue weighted by molar-refractivity contribution is 6.35. The van der Waals surface area contributed by atoms with Crippen molar-refractivity contribution in [1.82, 2.24) is 9.97 Å². The second kappa shape index (κ2) is 10.4. The third-order valence-electron chi connectivity index (χ3n) is 4.66. The van der Waals surface area contributed by atoms with Gasteiger partial charge in [0.05, 0.1) is 23.7 Å². The topological polar surface area (TPSA) is 88.6 Å². The van der Waals surface area contributed by atoms with Crippen molar-refractivity contribution in [3.63, 3.8) is 0 Å². The average molecular weight is 483 g/mol. The quantitative estimate of drug-likeness (QED) is 0.250. The zero-order valence-electron chi connectivity index (χ0n) is 17.6. The standard InChI is InChI=1S/C24H20Cl2N4O3/c1-2-32-22-11-15(7-10-21(22)33-14-16-8-9-17(25)12-19(16)26)13-27-30-24-28-20-6-4-3-5-18(20)23(31)29-24/h3-13H,2,14H2,1H3,(H2,28,29,30,31)/b27-13-. The molecule has 4 rings (SSSR count). The van der Waals surface area contributed by atoms with Gasteiger partial charge in [0.2, 0.25) is 5.95 Å².